The third kappa shape index (κ3) is 2.25. The van der Waals surface area contributed by atoms with E-state index in [9.17, 15) is 10.2 Å². The van der Waals surface area contributed by atoms with Crippen molar-refractivity contribution in [1.29, 1.82) is 0 Å². The SMILES string of the molecule is CCCCCCC1(c2cc(O)c(C34C=C(C)C5CC3C54C)c(O)c2)SCCS1. The highest BCUT2D eigenvalue weighted by molar-refractivity contribution is 8.20. The largest absolute Gasteiger partial charge is 0.507 e. The summed E-state index contributed by atoms with van der Waals surface area (Å²) >= 11 is 4.01. The molecule has 1 aromatic carbocycles. The van der Waals surface area contributed by atoms with Crippen molar-refractivity contribution in [3.63, 3.8) is 0 Å². The van der Waals surface area contributed by atoms with Crippen LogP contribution in [0, 0.1) is 17.3 Å². The Morgan fingerprint density at radius 2 is 1.75 bits per heavy atom. The summed E-state index contributed by atoms with van der Waals surface area (Å²) in [5, 5.41) is 22.3. The number of aromatic hydroxyl groups is 2. The minimum absolute atomic E-state index is 0.00466. The molecule has 0 amide bonds. The molecule has 0 radical (unpaired) electrons. The third-order valence-corrected chi connectivity index (χ3v) is 11.9. The molecule has 0 spiro atoms. The molecule has 152 valence electrons. The number of thioether (sulfide) groups is 2. The van der Waals surface area contributed by atoms with Gasteiger partial charge in [-0.2, -0.15) is 0 Å². The van der Waals surface area contributed by atoms with Gasteiger partial charge in [0.2, 0.25) is 0 Å². The van der Waals surface area contributed by atoms with Crippen LogP contribution in [0.1, 0.15) is 70.4 Å². The van der Waals surface area contributed by atoms with Gasteiger partial charge in [-0.05, 0) is 54.7 Å². The lowest BCUT2D eigenvalue weighted by atomic mass is 9.72. The maximum absolute atomic E-state index is 11.1. The first-order valence-corrected chi connectivity index (χ1v) is 12.9. The van der Waals surface area contributed by atoms with Crippen LogP contribution in [0.25, 0.3) is 0 Å². The van der Waals surface area contributed by atoms with Gasteiger partial charge >= 0.3 is 0 Å². The summed E-state index contributed by atoms with van der Waals surface area (Å²) in [6.45, 7) is 6.82. The van der Waals surface area contributed by atoms with Crippen LogP contribution in [0.2, 0.25) is 0 Å². The molecule has 3 fully saturated rings. The monoisotopic (exact) mass is 416 g/mol. The van der Waals surface area contributed by atoms with Crippen LogP contribution in [-0.2, 0) is 9.49 Å². The maximum atomic E-state index is 11.1. The predicted octanol–water partition coefficient (Wildman–Crippen LogP) is 6.55. The van der Waals surface area contributed by atoms with Crippen molar-refractivity contribution in [3.8, 4) is 11.5 Å². The molecule has 2 nitrogen and oxygen atoms in total. The molecular formula is C24H32O2S2. The zero-order chi connectivity index (χ0) is 19.7. The highest BCUT2D eigenvalue weighted by Gasteiger charge is 2.86. The molecular weight excluding hydrogens is 384 g/mol. The second kappa shape index (κ2) is 6.38. The van der Waals surface area contributed by atoms with Gasteiger partial charge in [0.25, 0.3) is 0 Å². The summed E-state index contributed by atoms with van der Waals surface area (Å²) in [6, 6.07) is 3.99. The molecule has 1 aromatic rings. The number of hydrogen-bond donors (Lipinski definition) is 2. The second-order valence-electron chi connectivity index (χ2n) is 9.53. The standard InChI is InChI=1S/C24H32O2S2/c1-4-5-6-7-8-24(27-9-10-28-24)16-11-18(25)21(19(26)12-16)23-14-15(2)17-13-20(23)22(17,23)3/h11-12,14,17,20,25-26H,4-10,13H2,1-3H3. The lowest BCUT2D eigenvalue weighted by Crippen LogP contribution is -2.25. The van der Waals surface area contributed by atoms with Gasteiger partial charge < -0.3 is 10.2 Å². The normalized spacial score (nSPS) is 36.8. The van der Waals surface area contributed by atoms with Crippen molar-refractivity contribution in [2.75, 3.05) is 11.5 Å². The smallest absolute Gasteiger partial charge is 0.123 e. The summed E-state index contributed by atoms with van der Waals surface area (Å²) in [7, 11) is 0. The van der Waals surface area contributed by atoms with Crippen LogP contribution < -0.4 is 0 Å². The minimum Gasteiger partial charge on any atom is -0.507 e. The number of unbranched alkanes of at least 4 members (excludes halogenated alkanes) is 3. The van der Waals surface area contributed by atoms with E-state index in [1.165, 1.54) is 37.7 Å². The quantitative estimate of drug-likeness (QED) is 0.390. The highest BCUT2D eigenvalue weighted by atomic mass is 32.2. The summed E-state index contributed by atoms with van der Waals surface area (Å²) in [6.07, 6.45) is 9.71. The third-order valence-electron chi connectivity index (χ3n) is 8.35. The Labute approximate surface area is 177 Å². The molecule has 1 heterocycles. The van der Waals surface area contributed by atoms with Gasteiger partial charge in [-0.15, -0.1) is 23.5 Å². The van der Waals surface area contributed by atoms with Gasteiger partial charge in [0.05, 0.1) is 4.08 Å². The summed E-state index contributed by atoms with van der Waals surface area (Å²) in [5.74, 6) is 4.16. The fraction of sp³-hybridized carbons (Fsp3) is 0.667. The van der Waals surface area contributed by atoms with Gasteiger partial charge in [-0.3, -0.25) is 0 Å². The van der Waals surface area contributed by atoms with E-state index in [-0.39, 0.29) is 14.9 Å². The van der Waals surface area contributed by atoms with Gasteiger partial charge in [-0.25, -0.2) is 0 Å². The Morgan fingerprint density at radius 3 is 2.29 bits per heavy atom. The Hall–Kier alpha value is -0.740. The molecule has 28 heavy (non-hydrogen) atoms. The molecule has 0 bridgehead atoms. The van der Waals surface area contributed by atoms with E-state index in [4.69, 9.17) is 0 Å². The van der Waals surface area contributed by atoms with Crippen molar-refractivity contribution < 1.29 is 10.2 Å². The van der Waals surface area contributed by atoms with E-state index >= 15 is 0 Å². The number of benzene rings is 1. The fourth-order valence-corrected chi connectivity index (χ4v) is 10.2. The molecule has 3 aliphatic carbocycles. The molecule has 4 aliphatic rings. The molecule has 1 saturated heterocycles. The Balaban J connectivity index is 1.49. The number of phenols is 2. The number of allylic oxidation sites excluding steroid dienone is 2. The molecule has 2 N–H and O–H groups in total. The molecule has 4 heteroatoms. The van der Waals surface area contributed by atoms with Crippen molar-refractivity contribution in [2.45, 2.75) is 68.8 Å². The molecule has 2 saturated carbocycles. The highest BCUT2D eigenvalue weighted by Crippen LogP contribution is 2.89. The van der Waals surface area contributed by atoms with Crippen molar-refractivity contribution >= 4 is 23.5 Å². The fourth-order valence-electron chi connectivity index (χ4n) is 6.89. The molecule has 4 unspecified atom stereocenters. The van der Waals surface area contributed by atoms with Crippen LogP contribution in [0.4, 0.5) is 0 Å². The van der Waals surface area contributed by atoms with Gasteiger partial charge in [0, 0.05) is 22.5 Å². The average Bonchev–Trinajstić information content (AvgIpc) is 3.01. The lowest BCUT2D eigenvalue weighted by molar-refractivity contribution is 0.221. The number of rotatable bonds is 7. The number of phenolic OH excluding ortho intramolecular Hbond substituents is 2. The predicted molar refractivity (Wildman–Crippen MR) is 120 cm³/mol. The Morgan fingerprint density at radius 1 is 1.07 bits per heavy atom. The van der Waals surface area contributed by atoms with Crippen LogP contribution in [-0.4, -0.2) is 21.7 Å². The van der Waals surface area contributed by atoms with Crippen LogP contribution in [0.3, 0.4) is 0 Å². The van der Waals surface area contributed by atoms with Crippen molar-refractivity contribution in [2.24, 2.45) is 17.3 Å². The lowest BCUT2D eigenvalue weighted by Gasteiger charge is -2.32. The molecule has 5 rings (SSSR count). The first-order valence-electron chi connectivity index (χ1n) is 10.9. The van der Waals surface area contributed by atoms with Crippen LogP contribution in [0.5, 0.6) is 11.5 Å². The average molecular weight is 417 g/mol. The molecule has 4 atom stereocenters. The molecule has 0 aromatic heterocycles. The minimum atomic E-state index is -0.126. The zero-order valence-electron chi connectivity index (χ0n) is 17.3. The Bertz CT molecular complexity index is 818. The van der Waals surface area contributed by atoms with E-state index < -0.39 is 0 Å². The van der Waals surface area contributed by atoms with E-state index in [0.717, 1.165) is 29.1 Å². The van der Waals surface area contributed by atoms with Gasteiger partial charge in [0.1, 0.15) is 11.5 Å². The zero-order valence-corrected chi connectivity index (χ0v) is 18.9. The maximum Gasteiger partial charge on any atom is 0.123 e. The summed E-state index contributed by atoms with van der Waals surface area (Å²) in [4.78, 5) is 0. The number of hydrogen-bond acceptors (Lipinski definition) is 4. The van der Waals surface area contributed by atoms with E-state index in [1.807, 2.05) is 35.7 Å². The Kier molecular flexibility index (Phi) is 4.38. The van der Waals surface area contributed by atoms with Gasteiger partial charge in [0.15, 0.2) is 0 Å². The first kappa shape index (κ1) is 19.2. The van der Waals surface area contributed by atoms with Crippen LogP contribution >= 0.6 is 23.5 Å². The van der Waals surface area contributed by atoms with E-state index in [0.29, 0.717) is 23.3 Å². The summed E-state index contributed by atoms with van der Waals surface area (Å²) < 4.78 is -0.00466. The second-order valence-corrected chi connectivity index (χ2v) is 12.6. The molecule has 1 aliphatic heterocycles. The van der Waals surface area contributed by atoms with Crippen LogP contribution in [0.15, 0.2) is 23.8 Å². The number of fused-ring (bicyclic) bond motifs is 1. The van der Waals surface area contributed by atoms with Crippen molar-refractivity contribution in [3.05, 3.63) is 34.9 Å². The topological polar surface area (TPSA) is 40.5 Å². The summed E-state index contributed by atoms with van der Waals surface area (Å²) in [5.41, 5.74) is 3.46. The van der Waals surface area contributed by atoms with E-state index in [2.05, 4.69) is 26.8 Å². The van der Waals surface area contributed by atoms with E-state index in [1.54, 1.807) is 0 Å². The first-order chi connectivity index (χ1) is 13.4. The van der Waals surface area contributed by atoms with Crippen molar-refractivity contribution in [1.82, 2.24) is 0 Å². The van der Waals surface area contributed by atoms with Gasteiger partial charge in [-0.1, -0.05) is 51.2 Å².